The molecule has 114 valence electrons. The van der Waals surface area contributed by atoms with Crippen molar-refractivity contribution >= 4 is 0 Å². The first-order valence-corrected chi connectivity index (χ1v) is 8.12. The van der Waals surface area contributed by atoms with Gasteiger partial charge in [0, 0.05) is 24.8 Å². The predicted molar refractivity (Wildman–Crippen MR) is 82.6 cm³/mol. The quantitative estimate of drug-likeness (QED) is 0.734. The summed E-state index contributed by atoms with van der Waals surface area (Å²) < 4.78 is 5.49. The molecular formula is C16H34N2O. The number of rotatable bonds is 8. The Kier molecular flexibility index (Phi) is 7.33. The number of likely N-dealkylation sites (N-methyl/N-ethyl adjacent to an activating group) is 2. The van der Waals surface area contributed by atoms with Crippen LogP contribution in [0.2, 0.25) is 0 Å². The number of ether oxygens (including phenoxy) is 1. The maximum atomic E-state index is 5.49. The molecule has 2 unspecified atom stereocenters. The van der Waals surface area contributed by atoms with Crippen molar-refractivity contribution in [1.29, 1.82) is 0 Å². The fourth-order valence-corrected chi connectivity index (χ4v) is 3.63. The average Bonchev–Trinajstić information content (AvgIpc) is 2.46. The third-order valence-corrected chi connectivity index (χ3v) is 5.21. The molecule has 3 heteroatoms. The minimum atomic E-state index is 0.260. The zero-order chi connectivity index (χ0) is 14.3. The molecule has 0 spiro atoms. The number of hydrogen-bond donors (Lipinski definition) is 1. The van der Waals surface area contributed by atoms with Crippen molar-refractivity contribution in [3.63, 3.8) is 0 Å². The Morgan fingerprint density at radius 1 is 1.21 bits per heavy atom. The lowest BCUT2D eigenvalue weighted by atomic mass is 9.80. The van der Waals surface area contributed by atoms with Crippen LogP contribution in [0.1, 0.15) is 53.4 Å². The van der Waals surface area contributed by atoms with E-state index in [0.717, 1.165) is 32.2 Å². The van der Waals surface area contributed by atoms with Gasteiger partial charge in [0.1, 0.15) is 0 Å². The highest BCUT2D eigenvalue weighted by Crippen LogP contribution is 2.30. The fraction of sp³-hybridized carbons (Fsp3) is 1.00. The summed E-state index contributed by atoms with van der Waals surface area (Å²) in [5.41, 5.74) is 0.260. The molecule has 0 aromatic heterocycles. The highest BCUT2D eigenvalue weighted by atomic mass is 16.5. The van der Waals surface area contributed by atoms with Gasteiger partial charge in [-0.3, -0.25) is 4.90 Å². The monoisotopic (exact) mass is 270 g/mol. The molecule has 0 bridgehead atoms. The molecular weight excluding hydrogens is 236 g/mol. The summed E-state index contributed by atoms with van der Waals surface area (Å²) in [4.78, 5) is 2.62. The van der Waals surface area contributed by atoms with Crippen LogP contribution in [-0.2, 0) is 4.74 Å². The van der Waals surface area contributed by atoms with Crippen molar-refractivity contribution < 1.29 is 4.74 Å². The Hall–Kier alpha value is -0.120. The molecule has 1 N–H and O–H groups in total. The largest absolute Gasteiger partial charge is 0.381 e. The van der Waals surface area contributed by atoms with Crippen molar-refractivity contribution in [3.05, 3.63) is 0 Å². The maximum absolute atomic E-state index is 5.49. The van der Waals surface area contributed by atoms with Gasteiger partial charge in [0.15, 0.2) is 0 Å². The van der Waals surface area contributed by atoms with Gasteiger partial charge in [0.05, 0.1) is 0 Å². The van der Waals surface area contributed by atoms with Crippen LogP contribution in [0.3, 0.4) is 0 Å². The zero-order valence-corrected chi connectivity index (χ0v) is 13.7. The third kappa shape index (κ3) is 4.17. The minimum absolute atomic E-state index is 0.260. The van der Waals surface area contributed by atoms with Crippen molar-refractivity contribution in [3.8, 4) is 0 Å². The zero-order valence-electron chi connectivity index (χ0n) is 13.7. The molecule has 1 fully saturated rings. The van der Waals surface area contributed by atoms with Gasteiger partial charge in [-0.05, 0) is 58.7 Å². The summed E-state index contributed by atoms with van der Waals surface area (Å²) in [7, 11) is 2.13. The van der Waals surface area contributed by atoms with Crippen LogP contribution < -0.4 is 5.32 Å². The summed E-state index contributed by atoms with van der Waals surface area (Å²) in [5, 5.41) is 3.61. The molecule has 0 aromatic rings. The molecule has 2 atom stereocenters. The summed E-state index contributed by atoms with van der Waals surface area (Å²) >= 11 is 0. The topological polar surface area (TPSA) is 24.5 Å². The molecule has 0 aliphatic carbocycles. The molecule has 0 radical (unpaired) electrons. The van der Waals surface area contributed by atoms with E-state index in [4.69, 9.17) is 4.74 Å². The summed E-state index contributed by atoms with van der Waals surface area (Å²) in [6, 6.07) is 0.570. The van der Waals surface area contributed by atoms with Crippen molar-refractivity contribution in [2.24, 2.45) is 5.92 Å². The van der Waals surface area contributed by atoms with E-state index in [1.807, 2.05) is 0 Å². The second-order valence-corrected chi connectivity index (χ2v) is 6.02. The molecule has 0 aromatic carbocycles. The third-order valence-electron chi connectivity index (χ3n) is 5.21. The highest BCUT2D eigenvalue weighted by molar-refractivity contribution is 4.96. The van der Waals surface area contributed by atoms with Crippen molar-refractivity contribution in [2.45, 2.75) is 65.0 Å². The van der Waals surface area contributed by atoms with Gasteiger partial charge < -0.3 is 10.1 Å². The van der Waals surface area contributed by atoms with Crippen LogP contribution in [0.25, 0.3) is 0 Å². The first kappa shape index (κ1) is 16.9. The SMILES string of the molecule is CCN(CC)C(C)(CC)C(CC1CCOCC1)NC. The number of hydrogen-bond acceptors (Lipinski definition) is 3. The van der Waals surface area contributed by atoms with E-state index in [0.29, 0.717) is 6.04 Å². The first-order chi connectivity index (χ1) is 9.12. The van der Waals surface area contributed by atoms with E-state index in [2.05, 4.69) is 45.0 Å². The van der Waals surface area contributed by atoms with E-state index >= 15 is 0 Å². The molecule has 1 saturated heterocycles. The number of nitrogens with zero attached hydrogens (tertiary/aromatic N) is 1. The summed E-state index contributed by atoms with van der Waals surface area (Å²) in [6.45, 7) is 13.5. The first-order valence-electron chi connectivity index (χ1n) is 8.12. The van der Waals surface area contributed by atoms with E-state index in [-0.39, 0.29) is 5.54 Å². The fourth-order valence-electron chi connectivity index (χ4n) is 3.63. The second-order valence-electron chi connectivity index (χ2n) is 6.02. The van der Waals surface area contributed by atoms with Crippen LogP contribution in [0.4, 0.5) is 0 Å². The lowest BCUT2D eigenvalue weighted by Crippen LogP contribution is -2.59. The van der Waals surface area contributed by atoms with Gasteiger partial charge in [0.2, 0.25) is 0 Å². The van der Waals surface area contributed by atoms with Gasteiger partial charge in [-0.1, -0.05) is 20.8 Å². The van der Waals surface area contributed by atoms with Crippen LogP contribution in [0.5, 0.6) is 0 Å². The smallest absolute Gasteiger partial charge is 0.0468 e. The van der Waals surface area contributed by atoms with Gasteiger partial charge in [-0.25, -0.2) is 0 Å². The molecule has 0 amide bonds. The summed E-state index contributed by atoms with van der Waals surface area (Å²) in [6.07, 6.45) is 4.94. The molecule has 1 aliphatic rings. The van der Waals surface area contributed by atoms with Gasteiger partial charge in [-0.15, -0.1) is 0 Å². The van der Waals surface area contributed by atoms with Crippen LogP contribution in [-0.4, -0.2) is 49.8 Å². The minimum Gasteiger partial charge on any atom is -0.381 e. The Balaban J connectivity index is 2.72. The average molecular weight is 270 g/mol. The Morgan fingerprint density at radius 3 is 2.21 bits per heavy atom. The van der Waals surface area contributed by atoms with E-state index in [9.17, 15) is 0 Å². The van der Waals surface area contributed by atoms with E-state index < -0.39 is 0 Å². The molecule has 1 heterocycles. The Morgan fingerprint density at radius 2 is 1.79 bits per heavy atom. The molecule has 3 nitrogen and oxygen atoms in total. The molecule has 1 aliphatic heterocycles. The predicted octanol–water partition coefficient (Wildman–Crippen LogP) is 2.90. The van der Waals surface area contributed by atoms with Crippen LogP contribution >= 0.6 is 0 Å². The lowest BCUT2D eigenvalue weighted by molar-refractivity contribution is 0.0325. The van der Waals surface area contributed by atoms with Gasteiger partial charge >= 0.3 is 0 Å². The Labute approximate surface area is 120 Å². The number of nitrogens with one attached hydrogen (secondary N) is 1. The van der Waals surface area contributed by atoms with Crippen molar-refractivity contribution in [2.75, 3.05) is 33.4 Å². The highest BCUT2D eigenvalue weighted by Gasteiger charge is 2.37. The Bertz CT molecular complexity index is 237. The maximum Gasteiger partial charge on any atom is 0.0468 e. The van der Waals surface area contributed by atoms with Gasteiger partial charge in [0.25, 0.3) is 0 Å². The summed E-state index contributed by atoms with van der Waals surface area (Å²) in [5.74, 6) is 0.827. The second kappa shape index (κ2) is 8.23. The van der Waals surface area contributed by atoms with Crippen LogP contribution in [0.15, 0.2) is 0 Å². The van der Waals surface area contributed by atoms with Crippen LogP contribution in [0, 0.1) is 5.92 Å². The molecule has 19 heavy (non-hydrogen) atoms. The van der Waals surface area contributed by atoms with Crippen molar-refractivity contribution in [1.82, 2.24) is 10.2 Å². The normalized spacial score (nSPS) is 22.4. The van der Waals surface area contributed by atoms with E-state index in [1.165, 1.54) is 25.7 Å². The van der Waals surface area contributed by atoms with Gasteiger partial charge in [-0.2, -0.15) is 0 Å². The lowest BCUT2D eigenvalue weighted by Gasteiger charge is -2.47. The molecule has 1 rings (SSSR count). The van der Waals surface area contributed by atoms with E-state index in [1.54, 1.807) is 0 Å². The standard InChI is InChI=1S/C16H34N2O/c1-6-16(4,18(7-2)8-3)15(17-5)13-14-9-11-19-12-10-14/h14-15,17H,6-13H2,1-5H3. The molecule has 0 saturated carbocycles.